The van der Waals surface area contributed by atoms with Crippen LogP contribution in [0.4, 0.5) is 4.79 Å². The normalized spacial score (nSPS) is 16.1. The van der Waals surface area contributed by atoms with Gasteiger partial charge in [-0.3, -0.25) is 0 Å². The van der Waals surface area contributed by atoms with Crippen LogP contribution in [-0.4, -0.2) is 38.4 Å². The smallest absolute Gasteiger partial charge is 0.315 e. The first kappa shape index (κ1) is 18.7. The molecule has 2 N–H and O–H groups in total. The lowest BCUT2D eigenvalue weighted by Gasteiger charge is -2.25. The molecule has 0 saturated carbocycles. The standard InChI is InChI=1S/C17H27N3O3S/c1-14(2)12-18-17(21)19-13-15-6-8-16(9-7-15)24(22,23)20-10-4-3-5-11-20/h6-9,14H,3-5,10-13H2,1-2H3,(H2,18,19,21). The van der Waals surface area contributed by atoms with Crippen LogP contribution in [0.2, 0.25) is 0 Å². The van der Waals surface area contributed by atoms with E-state index in [1.807, 2.05) is 13.8 Å². The largest absolute Gasteiger partial charge is 0.338 e. The number of amides is 2. The van der Waals surface area contributed by atoms with Crippen LogP contribution in [0.5, 0.6) is 0 Å². The van der Waals surface area contributed by atoms with E-state index >= 15 is 0 Å². The van der Waals surface area contributed by atoms with E-state index in [1.54, 1.807) is 28.6 Å². The maximum Gasteiger partial charge on any atom is 0.315 e. The molecule has 1 saturated heterocycles. The molecule has 0 radical (unpaired) electrons. The van der Waals surface area contributed by atoms with Gasteiger partial charge in [-0.2, -0.15) is 4.31 Å². The molecule has 1 fully saturated rings. The highest BCUT2D eigenvalue weighted by atomic mass is 32.2. The monoisotopic (exact) mass is 353 g/mol. The second-order valence-corrected chi connectivity index (χ2v) is 8.50. The number of urea groups is 1. The Bertz CT molecular complexity index is 636. The third-order valence-corrected chi connectivity index (χ3v) is 5.91. The quantitative estimate of drug-likeness (QED) is 0.824. The Balaban J connectivity index is 1.91. The zero-order chi connectivity index (χ0) is 17.6. The van der Waals surface area contributed by atoms with Gasteiger partial charge in [0.15, 0.2) is 0 Å². The molecule has 0 aromatic heterocycles. The van der Waals surface area contributed by atoms with Crippen molar-refractivity contribution in [3.8, 4) is 0 Å². The van der Waals surface area contributed by atoms with Gasteiger partial charge in [0, 0.05) is 26.2 Å². The summed E-state index contributed by atoms with van der Waals surface area (Å²) in [4.78, 5) is 11.9. The fraction of sp³-hybridized carbons (Fsp3) is 0.588. The van der Waals surface area contributed by atoms with Gasteiger partial charge in [0.25, 0.3) is 0 Å². The van der Waals surface area contributed by atoms with E-state index in [0.29, 0.717) is 37.0 Å². The van der Waals surface area contributed by atoms with E-state index in [9.17, 15) is 13.2 Å². The Hall–Kier alpha value is -1.60. The summed E-state index contributed by atoms with van der Waals surface area (Å²) in [5.74, 6) is 0.398. The Morgan fingerprint density at radius 1 is 1.08 bits per heavy atom. The molecule has 2 amide bonds. The number of hydrogen-bond donors (Lipinski definition) is 2. The van der Waals surface area contributed by atoms with E-state index in [2.05, 4.69) is 10.6 Å². The lowest BCUT2D eigenvalue weighted by molar-refractivity contribution is 0.239. The van der Waals surface area contributed by atoms with E-state index in [1.165, 1.54) is 0 Å². The molecule has 24 heavy (non-hydrogen) atoms. The molecule has 7 heteroatoms. The predicted molar refractivity (Wildman–Crippen MR) is 94.1 cm³/mol. The zero-order valence-electron chi connectivity index (χ0n) is 14.4. The van der Waals surface area contributed by atoms with E-state index in [0.717, 1.165) is 24.8 Å². The van der Waals surface area contributed by atoms with Crippen molar-refractivity contribution < 1.29 is 13.2 Å². The Labute approximate surface area is 144 Å². The molecule has 6 nitrogen and oxygen atoms in total. The van der Waals surface area contributed by atoms with Gasteiger partial charge in [-0.1, -0.05) is 32.4 Å². The molecule has 1 aliphatic rings. The number of carbonyl (C=O) groups excluding carboxylic acids is 1. The van der Waals surface area contributed by atoms with Crippen molar-refractivity contribution in [2.45, 2.75) is 44.6 Å². The number of rotatable bonds is 6. The van der Waals surface area contributed by atoms with Crippen LogP contribution in [0, 0.1) is 5.92 Å². The van der Waals surface area contributed by atoms with Crippen molar-refractivity contribution in [2.24, 2.45) is 5.92 Å². The molecule has 0 spiro atoms. The number of benzene rings is 1. The molecule has 1 heterocycles. The highest BCUT2D eigenvalue weighted by molar-refractivity contribution is 7.89. The minimum atomic E-state index is -3.39. The van der Waals surface area contributed by atoms with Crippen molar-refractivity contribution in [1.29, 1.82) is 0 Å². The summed E-state index contributed by atoms with van der Waals surface area (Å²) in [5.41, 5.74) is 0.868. The van der Waals surface area contributed by atoms with Gasteiger partial charge in [0.05, 0.1) is 4.90 Å². The van der Waals surface area contributed by atoms with Gasteiger partial charge in [-0.05, 0) is 36.5 Å². The summed E-state index contributed by atoms with van der Waals surface area (Å²) in [6.07, 6.45) is 2.94. The van der Waals surface area contributed by atoms with Gasteiger partial charge >= 0.3 is 6.03 Å². The van der Waals surface area contributed by atoms with E-state index in [4.69, 9.17) is 0 Å². The topological polar surface area (TPSA) is 78.5 Å². The number of hydrogen-bond acceptors (Lipinski definition) is 3. The molecule has 0 bridgehead atoms. The van der Waals surface area contributed by atoms with Crippen LogP contribution in [0.1, 0.15) is 38.7 Å². The molecule has 1 aliphatic heterocycles. The summed E-state index contributed by atoms with van der Waals surface area (Å²) >= 11 is 0. The van der Waals surface area contributed by atoms with Gasteiger partial charge in [0.1, 0.15) is 0 Å². The lowest BCUT2D eigenvalue weighted by Crippen LogP contribution is -2.37. The Morgan fingerprint density at radius 3 is 2.29 bits per heavy atom. The van der Waals surface area contributed by atoms with Crippen molar-refractivity contribution in [3.05, 3.63) is 29.8 Å². The van der Waals surface area contributed by atoms with Crippen molar-refractivity contribution in [1.82, 2.24) is 14.9 Å². The molecule has 2 rings (SSSR count). The number of sulfonamides is 1. The number of nitrogens with zero attached hydrogens (tertiary/aromatic N) is 1. The minimum absolute atomic E-state index is 0.214. The summed E-state index contributed by atoms with van der Waals surface area (Å²) in [6, 6.07) is 6.52. The molecule has 1 aromatic carbocycles. The molecule has 1 aromatic rings. The van der Waals surface area contributed by atoms with Crippen LogP contribution >= 0.6 is 0 Å². The lowest BCUT2D eigenvalue weighted by atomic mass is 10.2. The van der Waals surface area contributed by atoms with Crippen molar-refractivity contribution in [3.63, 3.8) is 0 Å². The predicted octanol–water partition coefficient (Wildman–Crippen LogP) is 2.32. The van der Waals surface area contributed by atoms with Crippen LogP contribution in [0.3, 0.4) is 0 Å². The highest BCUT2D eigenvalue weighted by Gasteiger charge is 2.25. The molecular weight excluding hydrogens is 326 g/mol. The maximum absolute atomic E-state index is 12.6. The molecule has 0 atom stereocenters. The minimum Gasteiger partial charge on any atom is -0.338 e. The van der Waals surface area contributed by atoms with Crippen LogP contribution < -0.4 is 10.6 Å². The van der Waals surface area contributed by atoms with Gasteiger partial charge in [-0.25, -0.2) is 13.2 Å². The first-order valence-corrected chi connectivity index (χ1v) is 9.94. The van der Waals surface area contributed by atoms with Crippen LogP contribution in [0.25, 0.3) is 0 Å². The molecule has 134 valence electrons. The second-order valence-electron chi connectivity index (χ2n) is 6.57. The van der Waals surface area contributed by atoms with Crippen LogP contribution in [0.15, 0.2) is 29.2 Å². The fourth-order valence-corrected chi connectivity index (χ4v) is 4.09. The number of piperidine rings is 1. The van der Waals surface area contributed by atoms with Gasteiger partial charge in [0.2, 0.25) is 10.0 Å². The fourth-order valence-electron chi connectivity index (χ4n) is 2.58. The maximum atomic E-state index is 12.6. The summed E-state index contributed by atoms with van der Waals surface area (Å²) in [5, 5.41) is 5.54. The summed E-state index contributed by atoms with van der Waals surface area (Å²) < 4.78 is 26.7. The average molecular weight is 353 g/mol. The zero-order valence-corrected chi connectivity index (χ0v) is 15.2. The van der Waals surface area contributed by atoms with E-state index in [-0.39, 0.29) is 6.03 Å². The Kier molecular flexibility index (Phi) is 6.62. The number of carbonyl (C=O) groups is 1. The van der Waals surface area contributed by atoms with Gasteiger partial charge < -0.3 is 10.6 Å². The Morgan fingerprint density at radius 2 is 1.71 bits per heavy atom. The SMILES string of the molecule is CC(C)CNC(=O)NCc1ccc(S(=O)(=O)N2CCCCC2)cc1. The first-order valence-electron chi connectivity index (χ1n) is 8.50. The third kappa shape index (κ3) is 5.21. The van der Waals surface area contributed by atoms with Crippen molar-refractivity contribution >= 4 is 16.1 Å². The number of nitrogens with one attached hydrogen (secondary N) is 2. The first-order chi connectivity index (χ1) is 11.4. The van der Waals surface area contributed by atoms with Crippen LogP contribution in [-0.2, 0) is 16.6 Å². The molecule has 0 aliphatic carbocycles. The average Bonchev–Trinajstić information content (AvgIpc) is 2.59. The molecule has 0 unspecified atom stereocenters. The highest BCUT2D eigenvalue weighted by Crippen LogP contribution is 2.20. The third-order valence-electron chi connectivity index (χ3n) is 4.00. The second kappa shape index (κ2) is 8.48. The summed E-state index contributed by atoms with van der Waals surface area (Å²) in [6.45, 7) is 6.25. The van der Waals surface area contributed by atoms with Crippen molar-refractivity contribution in [2.75, 3.05) is 19.6 Å². The van der Waals surface area contributed by atoms with E-state index < -0.39 is 10.0 Å². The summed E-state index contributed by atoms with van der Waals surface area (Å²) in [7, 11) is -3.39. The van der Waals surface area contributed by atoms with Gasteiger partial charge in [-0.15, -0.1) is 0 Å². The molecular formula is C17H27N3O3S.